The van der Waals surface area contributed by atoms with Crippen LogP contribution in [-0.4, -0.2) is 49.4 Å². The van der Waals surface area contributed by atoms with Gasteiger partial charge in [0.05, 0.1) is 11.8 Å². The van der Waals surface area contributed by atoms with E-state index in [0.717, 1.165) is 19.3 Å². The summed E-state index contributed by atoms with van der Waals surface area (Å²) in [5.41, 5.74) is -1.24. The molecule has 7 rings (SSSR count). The van der Waals surface area contributed by atoms with E-state index >= 15 is 8.78 Å². The van der Waals surface area contributed by atoms with Gasteiger partial charge in [-0.1, -0.05) is 43.0 Å². The lowest BCUT2D eigenvalue weighted by molar-refractivity contribution is -0.143. The summed E-state index contributed by atoms with van der Waals surface area (Å²) in [5.74, 6) is -20.3. The normalized spacial score (nSPS) is 32.9. The molecule has 1 N–H and O–H groups in total. The molecule has 0 unspecified atom stereocenters. The molecule has 2 aromatic carbocycles. The number of aromatic hydroxyl groups is 1. The number of phenolic OH excluding ortho intramolecular Hbond substituents is 1. The lowest BCUT2D eigenvalue weighted by atomic mass is 9.56. The first-order chi connectivity index (χ1) is 21.8. The molecule has 3 aliphatic carbocycles. The fourth-order valence-corrected chi connectivity index (χ4v) is 9.27. The monoisotopic (exact) mass is 682 g/mol. The molecule has 0 spiro atoms. The average Bonchev–Trinajstić information content (AvgIpc) is 3.38. The molecule has 2 aliphatic heterocycles. The maximum atomic E-state index is 15.1. The van der Waals surface area contributed by atoms with Crippen LogP contribution in [0.1, 0.15) is 56.4 Å². The molecule has 2 heterocycles. The number of fused-ring (bicyclic) bond motifs is 4. The van der Waals surface area contributed by atoms with Crippen LogP contribution >= 0.6 is 23.2 Å². The molecule has 46 heavy (non-hydrogen) atoms. The maximum Gasteiger partial charge on any atom is 0.258 e. The second-order valence-corrected chi connectivity index (χ2v) is 13.9. The number of alkyl halides is 2. The molecular formula is C32H25Cl2F5N2O5. The molecule has 2 saturated heterocycles. The van der Waals surface area contributed by atoms with Gasteiger partial charge < -0.3 is 5.11 Å². The van der Waals surface area contributed by atoms with Crippen LogP contribution in [0.4, 0.5) is 27.6 Å². The summed E-state index contributed by atoms with van der Waals surface area (Å²) >= 11 is 14.2. The third kappa shape index (κ3) is 3.88. The topological polar surface area (TPSA) is 95.0 Å². The predicted molar refractivity (Wildman–Crippen MR) is 153 cm³/mol. The van der Waals surface area contributed by atoms with Gasteiger partial charge in [0, 0.05) is 12.0 Å². The van der Waals surface area contributed by atoms with E-state index in [9.17, 15) is 37.5 Å². The van der Waals surface area contributed by atoms with Crippen LogP contribution in [0.2, 0.25) is 0 Å². The van der Waals surface area contributed by atoms with E-state index < -0.39 is 92.3 Å². The number of nitrogens with zero attached hydrogens (tertiary/aromatic N) is 2. The van der Waals surface area contributed by atoms with E-state index in [4.69, 9.17) is 23.2 Å². The van der Waals surface area contributed by atoms with Gasteiger partial charge >= 0.3 is 0 Å². The Balaban J connectivity index is 1.40. The van der Waals surface area contributed by atoms with E-state index in [2.05, 4.69) is 0 Å². The van der Waals surface area contributed by atoms with Gasteiger partial charge in [0.2, 0.25) is 17.6 Å². The first-order valence-corrected chi connectivity index (χ1v) is 15.6. The van der Waals surface area contributed by atoms with Gasteiger partial charge in [0.1, 0.15) is 11.4 Å². The number of carbonyl (C=O) groups is 4. The van der Waals surface area contributed by atoms with Crippen molar-refractivity contribution >= 4 is 52.5 Å². The number of imide groups is 2. The number of allylic oxidation sites excluding steroid dienone is 2. The maximum absolute atomic E-state index is 15.1. The Hall–Kier alpha value is -3.51. The largest absolute Gasteiger partial charge is 0.508 e. The molecular weight excluding hydrogens is 658 g/mol. The molecule has 4 amide bonds. The van der Waals surface area contributed by atoms with E-state index in [1.807, 2.05) is 0 Å². The van der Waals surface area contributed by atoms with Crippen LogP contribution in [0.25, 0.3) is 0 Å². The average molecular weight is 683 g/mol. The van der Waals surface area contributed by atoms with Crippen molar-refractivity contribution in [3.63, 3.8) is 0 Å². The number of carbonyl (C=O) groups excluding carboxylic acids is 4. The van der Waals surface area contributed by atoms with E-state index in [1.165, 1.54) is 29.2 Å². The van der Waals surface area contributed by atoms with Crippen molar-refractivity contribution in [2.24, 2.45) is 17.8 Å². The number of hydrogen-bond acceptors (Lipinski definition) is 5. The van der Waals surface area contributed by atoms with Crippen molar-refractivity contribution < 1.29 is 46.2 Å². The number of phenols is 1. The summed E-state index contributed by atoms with van der Waals surface area (Å²) in [6.45, 7) is 0. The molecule has 6 atom stereocenters. The first-order valence-electron chi connectivity index (χ1n) is 14.9. The van der Waals surface area contributed by atoms with Crippen molar-refractivity contribution in [3.05, 3.63) is 70.6 Å². The zero-order chi connectivity index (χ0) is 33.0. The lowest BCUT2D eigenvalue weighted by Gasteiger charge is -2.50. The van der Waals surface area contributed by atoms with Crippen LogP contribution in [0, 0.1) is 46.8 Å². The zero-order valence-corrected chi connectivity index (χ0v) is 25.4. The van der Waals surface area contributed by atoms with Gasteiger partial charge in [-0.2, -0.15) is 0 Å². The lowest BCUT2D eigenvalue weighted by Crippen LogP contribution is -2.60. The van der Waals surface area contributed by atoms with Crippen molar-refractivity contribution in [1.82, 2.24) is 4.90 Å². The number of hydrogen-bond donors (Lipinski definition) is 1. The Bertz CT molecular complexity index is 1740. The van der Waals surface area contributed by atoms with Crippen molar-refractivity contribution in [2.45, 2.75) is 66.7 Å². The number of anilines is 1. The Morgan fingerprint density at radius 3 is 1.96 bits per heavy atom. The van der Waals surface area contributed by atoms with Crippen LogP contribution < -0.4 is 4.90 Å². The smallest absolute Gasteiger partial charge is 0.258 e. The molecule has 2 aromatic rings. The summed E-state index contributed by atoms with van der Waals surface area (Å²) < 4.78 is 72.8. The second kappa shape index (κ2) is 10.5. The molecule has 0 radical (unpaired) electrons. The Labute approximate surface area is 268 Å². The van der Waals surface area contributed by atoms with Gasteiger partial charge in [-0.25, -0.2) is 26.9 Å². The number of amides is 4. The number of likely N-dealkylation sites (tertiary alicyclic amines) is 1. The van der Waals surface area contributed by atoms with E-state index in [1.54, 1.807) is 6.08 Å². The zero-order valence-electron chi connectivity index (χ0n) is 23.8. The SMILES string of the molecule is O=C1[C@H]2[C@H](CC=C3[C@H]2C[C@@]2(Cl)C(=O)N(c4c(F)c(F)c(F)c(F)c4F)C(=O)[C@@]2(Cl)[C@H]3c2ccc(O)cc2)C(=O)N1C1CCCCC1. The fourth-order valence-electron chi connectivity index (χ4n) is 8.33. The Morgan fingerprint density at radius 2 is 1.35 bits per heavy atom. The van der Waals surface area contributed by atoms with Gasteiger partial charge in [0.15, 0.2) is 33.0 Å². The van der Waals surface area contributed by atoms with Gasteiger partial charge in [-0.3, -0.25) is 24.1 Å². The quantitative estimate of drug-likeness (QED) is 0.107. The first kappa shape index (κ1) is 31.1. The van der Waals surface area contributed by atoms with Crippen LogP contribution in [0.15, 0.2) is 35.9 Å². The minimum absolute atomic E-state index is 0.0879. The van der Waals surface area contributed by atoms with Gasteiger partial charge in [-0.05, 0) is 49.3 Å². The summed E-state index contributed by atoms with van der Waals surface area (Å²) in [6, 6.07) is 4.99. The van der Waals surface area contributed by atoms with Crippen molar-refractivity contribution in [1.29, 1.82) is 0 Å². The van der Waals surface area contributed by atoms with E-state index in [0.29, 0.717) is 18.4 Å². The fraction of sp³-hybridized carbons (Fsp3) is 0.438. The molecule has 7 nitrogen and oxygen atoms in total. The molecule has 2 saturated carbocycles. The molecule has 14 heteroatoms. The molecule has 0 bridgehead atoms. The Morgan fingerprint density at radius 1 is 0.761 bits per heavy atom. The van der Waals surface area contributed by atoms with Crippen molar-refractivity contribution in [3.8, 4) is 5.75 Å². The summed E-state index contributed by atoms with van der Waals surface area (Å²) in [6.07, 6.45) is 5.15. The molecule has 5 aliphatic rings. The highest BCUT2D eigenvalue weighted by molar-refractivity contribution is 6.58. The highest BCUT2D eigenvalue weighted by atomic mass is 35.5. The highest BCUT2D eigenvalue weighted by Gasteiger charge is 2.77. The van der Waals surface area contributed by atoms with Gasteiger partial charge in [-0.15, -0.1) is 23.2 Å². The van der Waals surface area contributed by atoms with Crippen molar-refractivity contribution in [2.75, 3.05) is 4.90 Å². The summed E-state index contributed by atoms with van der Waals surface area (Å²) in [7, 11) is 0. The third-order valence-electron chi connectivity index (χ3n) is 10.4. The number of halogens is 7. The van der Waals surface area contributed by atoms with Gasteiger partial charge in [0.25, 0.3) is 11.8 Å². The minimum Gasteiger partial charge on any atom is -0.508 e. The molecule has 0 aromatic heterocycles. The number of rotatable bonds is 3. The molecule has 242 valence electrons. The van der Waals surface area contributed by atoms with Crippen LogP contribution in [-0.2, 0) is 19.2 Å². The second-order valence-electron chi connectivity index (χ2n) is 12.6. The van der Waals surface area contributed by atoms with E-state index in [-0.39, 0.29) is 34.6 Å². The minimum atomic E-state index is -2.59. The number of benzene rings is 2. The third-order valence-corrected chi connectivity index (χ3v) is 11.8. The Kier molecular flexibility index (Phi) is 7.10. The highest BCUT2D eigenvalue weighted by Crippen LogP contribution is 2.66. The van der Waals surface area contributed by atoms with Crippen LogP contribution in [0.5, 0.6) is 5.75 Å². The van der Waals surface area contributed by atoms with Crippen LogP contribution in [0.3, 0.4) is 0 Å². The summed E-state index contributed by atoms with van der Waals surface area (Å²) in [4.78, 5) is 52.1. The standard InChI is InChI=1S/C32H25Cl2F5N2O5/c33-31-12-18-16(10-11-17-19(18)28(44)40(27(17)43)14-4-2-1-3-5-14)20(13-6-8-15(42)9-7-13)32(31,34)30(46)41(29(31)45)26-24(38)22(36)21(35)23(37)25(26)39/h6-10,14,17-20,42H,1-5,11-12H2/t17-,18+,19-,20-,31+,32-/m0/s1. The molecule has 4 fully saturated rings. The predicted octanol–water partition coefficient (Wildman–Crippen LogP) is 5.98. The summed E-state index contributed by atoms with van der Waals surface area (Å²) in [5, 5.41) is 9.97.